The van der Waals surface area contributed by atoms with E-state index in [0.717, 1.165) is 12.2 Å². The number of nitrogens with zero attached hydrogens (tertiary/aromatic N) is 2. The van der Waals surface area contributed by atoms with Crippen LogP contribution in [-0.2, 0) is 13.5 Å². The maximum absolute atomic E-state index is 4.85. The highest BCUT2D eigenvalue weighted by Gasteiger charge is 2.29. The van der Waals surface area contributed by atoms with E-state index < -0.39 is 0 Å². The van der Waals surface area contributed by atoms with Crippen molar-refractivity contribution in [2.75, 3.05) is 12.0 Å². The Kier molecular flexibility index (Phi) is 3.31. The third kappa shape index (κ3) is 1.93. The molecule has 1 aromatic heterocycles. The molecule has 1 aromatic carbocycles. The van der Waals surface area contributed by atoms with Crippen molar-refractivity contribution in [1.29, 1.82) is 0 Å². The normalized spacial score (nSPS) is 13.7. The lowest BCUT2D eigenvalue weighted by molar-refractivity contribution is -0.701. The van der Waals surface area contributed by atoms with Crippen LogP contribution in [0.5, 0.6) is 0 Å². The van der Waals surface area contributed by atoms with E-state index in [1.807, 2.05) is 17.8 Å². The Hall–Kier alpha value is -1.00. The van der Waals surface area contributed by atoms with E-state index in [1.165, 1.54) is 26.9 Å². The first-order valence-corrected chi connectivity index (χ1v) is 8.17. The monoisotopic (exact) mass is 275 g/mol. The molecule has 0 N–H and O–H groups in total. The fraction of sp³-hybridized carbons (Fsp3) is 0.286. The number of aromatic nitrogens is 2. The van der Waals surface area contributed by atoms with Gasteiger partial charge in [-0.1, -0.05) is 41.7 Å². The molecule has 0 aliphatic carbocycles. The van der Waals surface area contributed by atoms with Gasteiger partial charge in [0.15, 0.2) is 5.03 Å². The van der Waals surface area contributed by atoms with Gasteiger partial charge in [-0.2, -0.15) is 0 Å². The summed E-state index contributed by atoms with van der Waals surface area (Å²) < 4.78 is 2.24. The quantitative estimate of drug-likeness (QED) is 0.476. The van der Waals surface area contributed by atoms with Crippen molar-refractivity contribution in [2.24, 2.45) is 7.05 Å². The summed E-state index contributed by atoms with van der Waals surface area (Å²) in [6, 6.07) is 10.4. The molecular formula is C14H15N2S2+. The molecule has 0 atom stereocenters. The average molecular weight is 275 g/mol. The van der Waals surface area contributed by atoms with Crippen LogP contribution < -0.4 is 4.57 Å². The predicted octanol–water partition coefficient (Wildman–Crippen LogP) is 2.94. The van der Waals surface area contributed by atoms with E-state index in [1.54, 1.807) is 11.8 Å². The minimum Gasteiger partial charge on any atom is -0.220 e. The summed E-state index contributed by atoms with van der Waals surface area (Å²) in [7, 11) is 2.12. The molecule has 2 aromatic rings. The highest BCUT2D eigenvalue weighted by Crippen LogP contribution is 2.34. The molecule has 0 saturated heterocycles. The van der Waals surface area contributed by atoms with E-state index in [2.05, 4.69) is 42.1 Å². The third-order valence-electron chi connectivity index (χ3n) is 3.16. The molecule has 0 saturated carbocycles. The van der Waals surface area contributed by atoms with Crippen molar-refractivity contribution in [1.82, 2.24) is 4.98 Å². The summed E-state index contributed by atoms with van der Waals surface area (Å²) in [6.07, 6.45) is 3.26. The third-order valence-corrected chi connectivity index (χ3v) is 5.09. The molecule has 92 valence electrons. The summed E-state index contributed by atoms with van der Waals surface area (Å²) in [5.74, 6) is 2.24. The van der Waals surface area contributed by atoms with Crippen molar-refractivity contribution >= 4 is 23.5 Å². The first-order chi connectivity index (χ1) is 8.81. The molecule has 1 aliphatic rings. The van der Waals surface area contributed by atoms with Crippen molar-refractivity contribution in [3.63, 3.8) is 0 Å². The Balaban J connectivity index is 2.22. The summed E-state index contributed by atoms with van der Waals surface area (Å²) in [5.41, 5.74) is 2.61. The molecule has 2 heterocycles. The molecule has 2 nitrogen and oxygen atoms in total. The van der Waals surface area contributed by atoms with Crippen LogP contribution in [0.2, 0.25) is 0 Å². The van der Waals surface area contributed by atoms with Gasteiger partial charge in [-0.15, -0.1) is 0 Å². The lowest BCUT2D eigenvalue weighted by atomic mass is 10.2. The first kappa shape index (κ1) is 12.1. The van der Waals surface area contributed by atoms with Crippen LogP contribution in [0.4, 0.5) is 0 Å². The second-order valence-electron chi connectivity index (χ2n) is 4.25. The first-order valence-electron chi connectivity index (χ1n) is 5.96. The van der Waals surface area contributed by atoms with Gasteiger partial charge in [0.1, 0.15) is 0 Å². The second-order valence-corrected chi connectivity index (χ2v) is 6.13. The zero-order chi connectivity index (χ0) is 12.5. The molecule has 3 rings (SSSR count). The lowest BCUT2D eigenvalue weighted by Crippen LogP contribution is -2.35. The molecule has 4 heteroatoms. The fourth-order valence-corrected chi connectivity index (χ4v) is 4.13. The molecular weight excluding hydrogens is 260 g/mol. The minimum atomic E-state index is 1.06. The van der Waals surface area contributed by atoms with Gasteiger partial charge in [-0.05, 0) is 29.8 Å². The molecule has 18 heavy (non-hydrogen) atoms. The van der Waals surface area contributed by atoms with Gasteiger partial charge in [0, 0.05) is 5.75 Å². The summed E-state index contributed by atoms with van der Waals surface area (Å²) in [5, 5.41) is 2.57. The molecule has 0 fully saturated rings. The van der Waals surface area contributed by atoms with Crippen molar-refractivity contribution in [3.05, 3.63) is 35.9 Å². The molecule has 0 radical (unpaired) electrons. The zero-order valence-corrected chi connectivity index (χ0v) is 12.1. The Morgan fingerprint density at radius 2 is 2.06 bits per heavy atom. The Morgan fingerprint density at radius 3 is 2.78 bits per heavy atom. The van der Waals surface area contributed by atoms with Gasteiger partial charge in [0.25, 0.3) is 0 Å². The van der Waals surface area contributed by atoms with Gasteiger partial charge < -0.3 is 0 Å². The van der Waals surface area contributed by atoms with Crippen LogP contribution in [0.15, 0.2) is 40.4 Å². The van der Waals surface area contributed by atoms with Crippen LogP contribution >= 0.6 is 23.5 Å². The molecule has 0 amide bonds. The molecule has 0 bridgehead atoms. The largest absolute Gasteiger partial charge is 0.332 e. The maximum atomic E-state index is 4.85. The topological polar surface area (TPSA) is 16.8 Å². The van der Waals surface area contributed by atoms with Crippen LogP contribution in [0.25, 0.3) is 11.4 Å². The van der Waals surface area contributed by atoms with E-state index in [9.17, 15) is 0 Å². The summed E-state index contributed by atoms with van der Waals surface area (Å²) in [6.45, 7) is 0. The number of benzene rings is 1. The molecule has 1 aliphatic heterocycles. The predicted molar refractivity (Wildman–Crippen MR) is 77.1 cm³/mol. The Bertz CT molecular complexity index is 582. The number of thioether (sulfide) groups is 2. The van der Waals surface area contributed by atoms with Gasteiger partial charge in [-0.25, -0.2) is 4.57 Å². The van der Waals surface area contributed by atoms with Crippen LogP contribution in [0, 0.1) is 0 Å². The van der Waals surface area contributed by atoms with Crippen LogP contribution in [0.3, 0.4) is 0 Å². The lowest BCUT2D eigenvalue weighted by Gasteiger charge is -2.06. The van der Waals surface area contributed by atoms with E-state index in [0.29, 0.717) is 0 Å². The standard InChI is InChI=1S/C14H15N2S2/c1-16-12(10-6-4-3-5-7-10)15-13(17-2)11-8-9-18-14(11)16/h3-7H,8-9H2,1-2H3/q+1. The number of hydrogen-bond acceptors (Lipinski definition) is 3. The van der Waals surface area contributed by atoms with Gasteiger partial charge in [-0.3, -0.25) is 0 Å². The molecule has 0 unspecified atom stereocenters. The van der Waals surface area contributed by atoms with Crippen molar-refractivity contribution in [3.8, 4) is 11.4 Å². The average Bonchev–Trinajstić information content (AvgIpc) is 2.90. The van der Waals surface area contributed by atoms with Crippen molar-refractivity contribution in [2.45, 2.75) is 16.5 Å². The van der Waals surface area contributed by atoms with Gasteiger partial charge in [0.2, 0.25) is 5.03 Å². The number of rotatable bonds is 2. The summed E-state index contributed by atoms with van der Waals surface area (Å²) >= 11 is 3.70. The number of hydrogen-bond donors (Lipinski definition) is 0. The SMILES string of the molecule is CSc1nc(-c2ccccc2)[n+](C)c2c1CCS2. The van der Waals surface area contributed by atoms with Crippen LogP contribution in [-0.4, -0.2) is 17.0 Å². The Morgan fingerprint density at radius 1 is 1.28 bits per heavy atom. The highest BCUT2D eigenvalue weighted by atomic mass is 32.2. The maximum Gasteiger partial charge on any atom is 0.332 e. The highest BCUT2D eigenvalue weighted by molar-refractivity contribution is 8.00. The number of fused-ring (bicyclic) bond motifs is 1. The minimum absolute atomic E-state index is 1.06. The summed E-state index contributed by atoms with van der Waals surface area (Å²) in [4.78, 5) is 4.85. The zero-order valence-electron chi connectivity index (χ0n) is 10.5. The van der Waals surface area contributed by atoms with E-state index in [4.69, 9.17) is 4.98 Å². The van der Waals surface area contributed by atoms with Gasteiger partial charge >= 0.3 is 5.82 Å². The van der Waals surface area contributed by atoms with Crippen molar-refractivity contribution < 1.29 is 4.57 Å². The fourth-order valence-electron chi connectivity index (χ4n) is 2.29. The second kappa shape index (κ2) is 4.94. The van der Waals surface area contributed by atoms with Gasteiger partial charge in [0.05, 0.1) is 18.2 Å². The molecule has 0 spiro atoms. The van der Waals surface area contributed by atoms with Crippen LogP contribution in [0.1, 0.15) is 5.56 Å². The smallest absolute Gasteiger partial charge is 0.220 e. The van der Waals surface area contributed by atoms with E-state index in [-0.39, 0.29) is 0 Å². The van der Waals surface area contributed by atoms with E-state index >= 15 is 0 Å². The Labute approximate surface area is 116 Å².